The van der Waals surface area contributed by atoms with Crippen LogP contribution in [0.15, 0.2) is 63.4 Å². The second-order valence-electron chi connectivity index (χ2n) is 10.1. The Morgan fingerprint density at radius 3 is 2.53 bits per heavy atom. The summed E-state index contributed by atoms with van der Waals surface area (Å²) in [5.41, 5.74) is 3.97. The maximum Gasteiger partial charge on any atom is 0.337 e. The van der Waals surface area contributed by atoms with Gasteiger partial charge in [0, 0.05) is 33.8 Å². The smallest absolute Gasteiger partial charge is 0.337 e. The molecule has 2 aliphatic heterocycles. The van der Waals surface area contributed by atoms with Crippen LogP contribution in [0.4, 0.5) is 0 Å². The van der Waals surface area contributed by atoms with Crippen LogP contribution in [0, 0.1) is 5.41 Å². The number of Topliss-reactive ketones (excluding diaryl/α,β-unsaturated/α-hetero) is 1. The predicted octanol–water partition coefficient (Wildman–Crippen LogP) is 5.53. The fraction of sp³-hybridized carbons (Fsp3) is 0.357. The van der Waals surface area contributed by atoms with Gasteiger partial charge in [-0.2, -0.15) is 0 Å². The number of carbonyl (C=O) groups excluding carboxylic acids is 2. The third-order valence-electron chi connectivity index (χ3n) is 6.79. The van der Waals surface area contributed by atoms with Crippen LogP contribution in [0.2, 0.25) is 0 Å². The number of nitrogens with one attached hydrogen (secondary N) is 1. The van der Waals surface area contributed by atoms with E-state index >= 15 is 0 Å². The summed E-state index contributed by atoms with van der Waals surface area (Å²) in [6, 6.07) is 11.0. The number of benzene rings is 2. The number of methoxy groups -OCH3 is 1. The van der Waals surface area contributed by atoms with Crippen molar-refractivity contribution in [3.8, 4) is 17.2 Å². The number of halogens is 1. The highest BCUT2D eigenvalue weighted by Crippen LogP contribution is 2.50. The number of carbonyl (C=O) groups is 2. The third-order valence-corrected chi connectivity index (χ3v) is 7.48. The van der Waals surface area contributed by atoms with Gasteiger partial charge in [0.1, 0.15) is 12.4 Å². The Morgan fingerprint density at radius 2 is 1.83 bits per heavy atom. The largest absolute Gasteiger partial charge is 0.497 e. The Kier molecular flexibility index (Phi) is 6.32. The minimum Gasteiger partial charge on any atom is -0.497 e. The first-order valence-corrected chi connectivity index (χ1v) is 12.6. The molecule has 2 heterocycles. The lowest BCUT2D eigenvalue weighted by atomic mass is 9.68. The number of fused-ring (bicyclic) bond motifs is 1. The van der Waals surface area contributed by atoms with Gasteiger partial charge in [0.05, 0.1) is 12.7 Å². The highest BCUT2D eigenvalue weighted by Gasteiger charge is 2.44. The zero-order valence-corrected chi connectivity index (χ0v) is 22.3. The molecule has 2 aromatic carbocycles. The molecule has 5 rings (SSSR count). The predicted molar refractivity (Wildman–Crippen MR) is 137 cm³/mol. The molecule has 0 saturated heterocycles. The van der Waals surface area contributed by atoms with Crippen LogP contribution in [0.3, 0.4) is 0 Å². The van der Waals surface area contributed by atoms with E-state index in [4.69, 9.17) is 18.9 Å². The van der Waals surface area contributed by atoms with Gasteiger partial charge in [0.25, 0.3) is 0 Å². The molecule has 1 aliphatic carbocycles. The molecular formula is C28H28BrNO6. The van der Waals surface area contributed by atoms with Crippen molar-refractivity contribution in [2.45, 2.75) is 46.1 Å². The summed E-state index contributed by atoms with van der Waals surface area (Å²) in [7, 11) is 1.60. The van der Waals surface area contributed by atoms with E-state index in [0.29, 0.717) is 41.2 Å². The number of hydrogen-bond donors (Lipinski definition) is 1. The number of hydrogen-bond acceptors (Lipinski definition) is 7. The molecule has 0 fully saturated rings. The summed E-state index contributed by atoms with van der Waals surface area (Å²) >= 11 is 3.65. The fourth-order valence-electron chi connectivity index (χ4n) is 5.12. The monoisotopic (exact) mass is 553 g/mol. The van der Waals surface area contributed by atoms with Crippen LogP contribution in [0.25, 0.3) is 0 Å². The standard InChI is InChI=1S/C28H28BrNO6/c1-15-24(27(32)34-13-16-5-7-17(33-4)8-6-16)25(18-9-22-23(10-19(18)29)36-14-35-22)26-20(30-15)11-28(2,3)12-21(26)31/h5-10,25,30H,11-14H2,1-4H3/t25-/m1/s1. The van der Waals surface area contributed by atoms with Crippen molar-refractivity contribution < 1.29 is 28.5 Å². The van der Waals surface area contributed by atoms with Crippen molar-refractivity contribution >= 4 is 27.7 Å². The van der Waals surface area contributed by atoms with Gasteiger partial charge >= 0.3 is 5.97 Å². The van der Waals surface area contributed by atoms with Crippen molar-refractivity contribution in [1.29, 1.82) is 0 Å². The van der Waals surface area contributed by atoms with Crippen LogP contribution in [-0.2, 0) is 20.9 Å². The SMILES string of the molecule is COc1ccc(COC(=O)C2=C(C)NC3=C(C(=O)CC(C)(C)C3)[C@@H]2c2cc3c(cc2Br)OCO3)cc1. The van der Waals surface area contributed by atoms with Crippen molar-refractivity contribution in [2.24, 2.45) is 5.41 Å². The van der Waals surface area contributed by atoms with E-state index in [2.05, 4.69) is 35.1 Å². The molecule has 36 heavy (non-hydrogen) atoms. The Morgan fingerprint density at radius 1 is 1.14 bits per heavy atom. The third kappa shape index (κ3) is 4.50. The van der Waals surface area contributed by atoms with Crippen LogP contribution < -0.4 is 19.5 Å². The number of allylic oxidation sites excluding steroid dienone is 3. The molecule has 7 nitrogen and oxygen atoms in total. The van der Waals surface area contributed by atoms with Gasteiger partial charge < -0.3 is 24.3 Å². The van der Waals surface area contributed by atoms with E-state index in [-0.39, 0.29) is 24.6 Å². The Labute approximate surface area is 218 Å². The first kappa shape index (κ1) is 24.4. The van der Waals surface area contributed by atoms with Crippen LogP contribution >= 0.6 is 15.9 Å². The van der Waals surface area contributed by atoms with Crippen molar-refractivity contribution in [2.75, 3.05) is 13.9 Å². The molecule has 1 atom stereocenters. The molecule has 0 unspecified atom stereocenters. The molecule has 0 aromatic heterocycles. The summed E-state index contributed by atoms with van der Waals surface area (Å²) in [6.45, 7) is 6.25. The molecule has 8 heteroatoms. The van der Waals surface area contributed by atoms with E-state index < -0.39 is 11.9 Å². The van der Waals surface area contributed by atoms with Crippen molar-refractivity contribution in [3.63, 3.8) is 0 Å². The van der Waals surface area contributed by atoms with E-state index in [0.717, 1.165) is 27.0 Å². The second-order valence-corrected chi connectivity index (χ2v) is 10.9. The Hall–Kier alpha value is -3.26. The molecule has 1 N–H and O–H groups in total. The summed E-state index contributed by atoms with van der Waals surface area (Å²) < 4.78 is 22.8. The van der Waals surface area contributed by atoms with Crippen LogP contribution in [0.1, 0.15) is 50.7 Å². The first-order chi connectivity index (χ1) is 17.2. The van der Waals surface area contributed by atoms with Gasteiger partial charge in [-0.25, -0.2) is 4.79 Å². The van der Waals surface area contributed by atoms with Gasteiger partial charge in [0.15, 0.2) is 17.3 Å². The lowest BCUT2D eigenvalue weighted by Gasteiger charge is -2.39. The van der Waals surface area contributed by atoms with Gasteiger partial charge in [0.2, 0.25) is 6.79 Å². The molecule has 0 saturated carbocycles. The zero-order valence-electron chi connectivity index (χ0n) is 20.7. The molecule has 188 valence electrons. The molecule has 0 bridgehead atoms. The van der Waals surface area contributed by atoms with Crippen LogP contribution in [0.5, 0.6) is 17.2 Å². The molecule has 0 spiro atoms. The first-order valence-electron chi connectivity index (χ1n) is 11.8. The highest BCUT2D eigenvalue weighted by atomic mass is 79.9. The van der Waals surface area contributed by atoms with Gasteiger partial charge in [-0.15, -0.1) is 0 Å². The van der Waals surface area contributed by atoms with Gasteiger partial charge in [-0.3, -0.25) is 4.79 Å². The minimum absolute atomic E-state index is 0.0243. The summed E-state index contributed by atoms with van der Waals surface area (Å²) in [6.07, 6.45) is 1.11. The van der Waals surface area contributed by atoms with Gasteiger partial charge in [-0.05, 0) is 54.2 Å². The van der Waals surface area contributed by atoms with Crippen molar-refractivity contribution in [3.05, 3.63) is 74.5 Å². The Bertz CT molecular complexity index is 1310. The fourth-order valence-corrected chi connectivity index (χ4v) is 5.67. The summed E-state index contributed by atoms with van der Waals surface area (Å²) in [5, 5.41) is 3.37. The lowest BCUT2D eigenvalue weighted by Crippen LogP contribution is -2.38. The number of ketones is 1. The van der Waals surface area contributed by atoms with Crippen LogP contribution in [-0.4, -0.2) is 25.7 Å². The topological polar surface area (TPSA) is 83.1 Å². The maximum atomic E-state index is 13.6. The summed E-state index contributed by atoms with van der Waals surface area (Å²) in [4.78, 5) is 27.1. The normalized spacial score (nSPS) is 20.1. The minimum atomic E-state index is -0.600. The lowest BCUT2D eigenvalue weighted by molar-refractivity contribution is -0.140. The zero-order chi connectivity index (χ0) is 25.6. The molecule has 2 aromatic rings. The van der Waals surface area contributed by atoms with Gasteiger partial charge in [-0.1, -0.05) is 41.9 Å². The molecule has 0 radical (unpaired) electrons. The maximum absolute atomic E-state index is 13.6. The number of rotatable bonds is 5. The highest BCUT2D eigenvalue weighted by molar-refractivity contribution is 9.10. The average molecular weight is 554 g/mol. The van der Waals surface area contributed by atoms with E-state index in [1.807, 2.05) is 43.3 Å². The molecule has 0 amide bonds. The molecule has 3 aliphatic rings. The number of esters is 1. The van der Waals surface area contributed by atoms with E-state index in [1.54, 1.807) is 7.11 Å². The number of ether oxygens (including phenoxy) is 4. The number of dihydropyridines is 1. The Balaban J connectivity index is 1.54. The van der Waals surface area contributed by atoms with Crippen molar-refractivity contribution in [1.82, 2.24) is 5.32 Å². The quantitative estimate of drug-likeness (QED) is 0.487. The average Bonchev–Trinajstić information content (AvgIpc) is 3.27. The van der Waals surface area contributed by atoms with E-state index in [9.17, 15) is 9.59 Å². The summed E-state index contributed by atoms with van der Waals surface area (Å²) in [5.74, 6) is 0.879. The second kappa shape index (κ2) is 9.32. The van der Waals surface area contributed by atoms with E-state index in [1.165, 1.54) is 0 Å². The molecular weight excluding hydrogens is 526 g/mol.